The fourth-order valence-electron chi connectivity index (χ4n) is 2.60. The van der Waals surface area contributed by atoms with E-state index in [1.165, 1.54) is 0 Å². The smallest absolute Gasteiger partial charge is 0.224 e. The Morgan fingerprint density at radius 3 is 2.67 bits per heavy atom. The van der Waals surface area contributed by atoms with Crippen molar-refractivity contribution in [1.82, 2.24) is 24.5 Å². The van der Waals surface area contributed by atoms with Crippen LogP contribution in [-0.2, 0) is 13.0 Å². The quantitative estimate of drug-likeness (QED) is 0.748. The molecule has 0 unspecified atom stereocenters. The normalized spacial score (nSPS) is 11.1. The first-order valence-corrected chi connectivity index (χ1v) is 6.70. The second-order valence-electron chi connectivity index (χ2n) is 5.02. The first-order valence-electron chi connectivity index (χ1n) is 6.70. The number of nitrogens with two attached hydrogens (primary N) is 2. The molecule has 0 saturated heterocycles. The second-order valence-corrected chi connectivity index (χ2v) is 5.02. The van der Waals surface area contributed by atoms with Gasteiger partial charge < -0.3 is 16.0 Å². The lowest BCUT2D eigenvalue weighted by Gasteiger charge is -2.13. The van der Waals surface area contributed by atoms with Crippen LogP contribution in [0.25, 0.3) is 11.0 Å². The van der Waals surface area contributed by atoms with Gasteiger partial charge in [-0.15, -0.1) is 0 Å². The fraction of sp³-hybridized carbons (Fsp3) is 0.286. The summed E-state index contributed by atoms with van der Waals surface area (Å²) in [5, 5.41) is 0.787. The maximum atomic E-state index is 5.98. The molecule has 3 aromatic rings. The van der Waals surface area contributed by atoms with Crippen molar-refractivity contribution in [2.75, 3.05) is 11.5 Å². The van der Waals surface area contributed by atoms with Crippen LogP contribution in [0.4, 0.5) is 11.8 Å². The molecule has 108 valence electrons. The summed E-state index contributed by atoms with van der Waals surface area (Å²) >= 11 is 0. The van der Waals surface area contributed by atoms with E-state index in [2.05, 4.69) is 19.9 Å². The molecule has 7 heteroatoms. The van der Waals surface area contributed by atoms with Gasteiger partial charge in [0.05, 0.1) is 11.7 Å². The average Bonchev–Trinajstić information content (AvgIpc) is 2.90. The van der Waals surface area contributed by atoms with Crippen molar-refractivity contribution in [3.05, 3.63) is 35.5 Å². The van der Waals surface area contributed by atoms with Crippen LogP contribution >= 0.6 is 0 Å². The maximum absolute atomic E-state index is 5.98. The lowest BCUT2D eigenvalue weighted by atomic mass is 10.0. The standard InChI is InChI=1S/C14H17N7/c1-8-10(3-5-21-6-4-17-7-21)9(2)18-13-11(8)12(15)19-14(16)20-13/h4,6-7H,3,5H2,1-2H3,(H4,15,16,18,19,20). The van der Waals surface area contributed by atoms with Crippen molar-refractivity contribution in [2.24, 2.45) is 0 Å². The summed E-state index contributed by atoms with van der Waals surface area (Å²) in [5.74, 6) is 0.531. The fourth-order valence-corrected chi connectivity index (χ4v) is 2.60. The van der Waals surface area contributed by atoms with Crippen molar-refractivity contribution in [3.63, 3.8) is 0 Å². The largest absolute Gasteiger partial charge is 0.383 e. The Kier molecular flexibility index (Phi) is 3.17. The minimum absolute atomic E-state index is 0.150. The topological polar surface area (TPSA) is 109 Å². The molecule has 4 N–H and O–H groups in total. The molecule has 0 aliphatic heterocycles. The summed E-state index contributed by atoms with van der Waals surface area (Å²) in [7, 11) is 0. The molecule has 0 saturated carbocycles. The Bertz CT molecular complexity index is 793. The molecule has 0 radical (unpaired) electrons. The predicted molar refractivity (Wildman–Crippen MR) is 81.6 cm³/mol. The maximum Gasteiger partial charge on any atom is 0.224 e. The van der Waals surface area contributed by atoms with Crippen LogP contribution in [-0.4, -0.2) is 24.5 Å². The number of nitrogen functional groups attached to an aromatic ring is 2. The van der Waals surface area contributed by atoms with Gasteiger partial charge in [0.25, 0.3) is 0 Å². The van der Waals surface area contributed by atoms with Crippen molar-refractivity contribution < 1.29 is 0 Å². The zero-order valence-corrected chi connectivity index (χ0v) is 12.0. The molecule has 0 atom stereocenters. The molecule has 3 heterocycles. The van der Waals surface area contributed by atoms with Gasteiger partial charge in [0, 0.05) is 24.6 Å². The highest BCUT2D eigenvalue weighted by Crippen LogP contribution is 2.26. The number of anilines is 2. The molecule has 7 nitrogen and oxygen atoms in total. The Balaban J connectivity index is 2.06. The zero-order chi connectivity index (χ0) is 15.0. The van der Waals surface area contributed by atoms with Gasteiger partial charge in [0.2, 0.25) is 5.95 Å². The Labute approximate surface area is 122 Å². The first-order chi connectivity index (χ1) is 10.1. The van der Waals surface area contributed by atoms with Gasteiger partial charge in [-0.05, 0) is 31.4 Å². The van der Waals surface area contributed by atoms with E-state index < -0.39 is 0 Å². The van der Waals surface area contributed by atoms with Crippen LogP contribution in [0.1, 0.15) is 16.8 Å². The lowest BCUT2D eigenvalue weighted by molar-refractivity contribution is 0.690. The average molecular weight is 283 g/mol. The van der Waals surface area contributed by atoms with Crippen molar-refractivity contribution in [3.8, 4) is 0 Å². The van der Waals surface area contributed by atoms with Crippen LogP contribution in [0.15, 0.2) is 18.7 Å². The van der Waals surface area contributed by atoms with Gasteiger partial charge in [0.1, 0.15) is 5.82 Å². The summed E-state index contributed by atoms with van der Waals surface area (Å²) in [5.41, 5.74) is 15.3. The monoisotopic (exact) mass is 283 g/mol. The van der Waals surface area contributed by atoms with E-state index in [-0.39, 0.29) is 5.95 Å². The third-order valence-electron chi connectivity index (χ3n) is 3.65. The number of aryl methyl sites for hydroxylation is 3. The lowest BCUT2D eigenvalue weighted by Crippen LogP contribution is -2.08. The number of fused-ring (bicyclic) bond motifs is 1. The van der Waals surface area contributed by atoms with Gasteiger partial charge in [-0.3, -0.25) is 0 Å². The number of pyridine rings is 1. The van der Waals surface area contributed by atoms with Gasteiger partial charge in [-0.2, -0.15) is 9.97 Å². The van der Waals surface area contributed by atoms with E-state index >= 15 is 0 Å². The van der Waals surface area contributed by atoms with Gasteiger partial charge in [-0.1, -0.05) is 0 Å². The molecule has 0 aliphatic rings. The van der Waals surface area contributed by atoms with Gasteiger partial charge in [0.15, 0.2) is 5.65 Å². The van der Waals surface area contributed by atoms with E-state index in [1.54, 1.807) is 12.5 Å². The third kappa shape index (κ3) is 2.37. The minimum Gasteiger partial charge on any atom is -0.383 e. The number of hydrogen-bond acceptors (Lipinski definition) is 6. The Hall–Kier alpha value is -2.70. The van der Waals surface area contributed by atoms with Crippen LogP contribution < -0.4 is 11.5 Å². The van der Waals surface area contributed by atoms with E-state index in [9.17, 15) is 0 Å². The van der Waals surface area contributed by atoms with Crippen LogP contribution in [0, 0.1) is 13.8 Å². The number of hydrogen-bond donors (Lipinski definition) is 2. The van der Waals surface area contributed by atoms with Crippen LogP contribution in [0.3, 0.4) is 0 Å². The molecular weight excluding hydrogens is 266 g/mol. The highest BCUT2D eigenvalue weighted by molar-refractivity contribution is 5.90. The summed E-state index contributed by atoms with van der Waals surface area (Å²) in [6.45, 7) is 4.84. The molecule has 21 heavy (non-hydrogen) atoms. The molecule has 3 rings (SSSR count). The third-order valence-corrected chi connectivity index (χ3v) is 3.65. The molecule has 0 aliphatic carbocycles. The molecule has 0 aromatic carbocycles. The minimum atomic E-state index is 0.150. The van der Waals surface area contributed by atoms with E-state index in [1.807, 2.05) is 24.6 Å². The van der Waals surface area contributed by atoms with E-state index in [0.717, 1.165) is 35.2 Å². The Morgan fingerprint density at radius 1 is 1.14 bits per heavy atom. The van der Waals surface area contributed by atoms with Gasteiger partial charge in [-0.25, -0.2) is 9.97 Å². The summed E-state index contributed by atoms with van der Waals surface area (Å²) in [6.07, 6.45) is 6.36. The first kappa shape index (κ1) is 13.3. The van der Waals surface area contributed by atoms with Crippen molar-refractivity contribution >= 4 is 22.8 Å². The van der Waals surface area contributed by atoms with Gasteiger partial charge >= 0.3 is 0 Å². The second kappa shape index (κ2) is 5.01. The van der Waals surface area contributed by atoms with E-state index in [0.29, 0.717) is 11.5 Å². The summed E-state index contributed by atoms with van der Waals surface area (Å²) in [4.78, 5) is 16.8. The SMILES string of the molecule is Cc1nc2nc(N)nc(N)c2c(C)c1CCn1ccnc1. The van der Waals surface area contributed by atoms with E-state index in [4.69, 9.17) is 11.5 Å². The summed E-state index contributed by atoms with van der Waals surface area (Å²) in [6, 6.07) is 0. The number of rotatable bonds is 3. The Morgan fingerprint density at radius 2 is 1.95 bits per heavy atom. The number of imidazole rings is 1. The highest BCUT2D eigenvalue weighted by Gasteiger charge is 2.14. The molecule has 0 spiro atoms. The molecule has 3 aromatic heterocycles. The van der Waals surface area contributed by atoms with Crippen molar-refractivity contribution in [1.29, 1.82) is 0 Å². The van der Waals surface area contributed by atoms with Crippen molar-refractivity contribution in [2.45, 2.75) is 26.8 Å². The number of nitrogens with zero attached hydrogens (tertiary/aromatic N) is 5. The van der Waals surface area contributed by atoms with Crippen LogP contribution in [0.5, 0.6) is 0 Å². The predicted octanol–water partition coefficient (Wildman–Crippen LogP) is 1.25. The summed E-state index contributed by atoms with van der Waals surface area (Å²) < 4.78 is 2.03. The molecular formula is C14H17N7. The highest BCUT2D eigenvalue weighted by atomic mass is 15.1. The molecule has 0 amide bonds. The number of aromatic nitrogens is 5. The zero-order valence-electron chi connectivity index (χ0n) is 12.0. The molecule has 0 fully saturated rings. The molecule has 0 bridgehead atoms. The van der Waals surface area contributed by atoms with Crippen LogP contribution in [0.2, 0.25) is 0 Å².